The van der Waals surface area contributed by atoms with Gasteiger partial charge >= 0.3 is 0 Å². The van der Waals surface area contributed by atoms with Crippen LogP contribution >= 0.6 is 0 Å². The predicted octanol–water partition coefficient (Wildman–Crippen LogP) is 1.74. The van der Waals surface area contributed by atoms with Gasteiger partial charge in [-0.25, -0.2) is 0 Å². The summed E-state index contributed by atoms with van der Waals surface area (Å²) in [6.07, 6.45) is 3.33. The second-order valence-electron chi connectivity index (χ2n) is 4.94. The molecule has 0 spiro atoms. The minimum absolute atomic E-state index is 0.00324. The Labute approximate surface area is 81.9 Å². The molecule has 0 aromatic carbocycles. The largest absolute Gasteiger partial charge is 0.393 e. The van der Waals surface area contributed by atoms with E-state index in [0.717, 1.165) is 24.7 Å². The van der Waals surface area contributed by atoms with Gasteiger partial charge in [0, 0.05) is 6.54 Å². The Morgan fingerprint density at radius 1 is 1.38 bits per heavy atom. The molecule has 0 unspecified atom stereocenters. The summed E-state index contributed by atoms with van der Waals surface area (Å²) in [7, 11) is 2.19. The van der Waals surface area contributed by atoms with Crippen molar-refractivity contribution in [1.29, 1.82) is 0 Å². The number of aliphatic hydroxyl groups is 1. The summed E-state index contributed by atoms with van der Waals surface area (Å²) in [4.78, 5) is 2.40. The number of hydrogen-bond donors (Lipinski definition) is 1. The molecule has 78 valence electrons. The van der Waals surface area contributed by atoms with Gasteiger partial charge in [0.25, 0.3) is 0 Å². The van der Waals surface area contributed by atoms with Crippen LogP contribution in [0.4, 0.5) is 0 Å². The zero-order chi connectivity index (χ0) is 9.84. The van der Waals surface area contributed by atoms with Gasteiger partial charge in [-0.15, -0.1) is 0 Å². The molecule has 1 rings (SSSR count). The topological polar surface area (TPSA) is 23.5 Å². The number of aliphatic hydroxyl groups excluding tert-OH is 1. The predicted molar refractivity (Wildman–Crippen MR) is 55.7 cm³/mol. The van der Waals surface area contributed by atoms with Crippen LogP contribution in [0.2, 0.25) is 0 Å². The summed E-state index contributed by atoms with van der Waals surface area (Å²) in [5.74, 6) is 1.56. The zero-order valence-electron chi connectivity index (χ0n) is 9.16. The maximum Gasteiger partial charge on any atom is 0.0546 e. The van der Waals surface area contributed by atoms with Crippen LogP contribution in [0, 0.1) is 11.8 Å². The quantitative estimate of drug-likeness (QED) is 0.705. The molecule has 0 bridgehead atoms. The molecule has 1 N–H and O–H groups in total. The van der Waals surface area contributed by atoms with Crippen molar-refractivity contribution < 1.29 is 5.11 Å². The minimum Gasteiger partial charge on any atom is -0.393 e. The van der Waals surface area contributed by atoms with Crippen LogP contribution in [0.3, 0.4) is 0 Å². The van der Waals surface area contributed by atoms with Crippen molar-refractivity contribution >= 4 is 0 Å². The highest BCUT2D eigenvalue weighted by Gasteiger charge is 2.27. The van der Waals surface area contributed by atoms with Crippen LogP contribution in [0.5, 0.6) is 0 Å². The SMILES string of the molecule is CC(C)CCN(C)CC1CC(O)C1. The highest BCUT2D eigenvalue weighted by atomic mass is 16.3. The second-order valence-corrected chi connectivity index (χ2v) is 4.94. The third kappa shape index (κ3) is 4.10. The van der Waals surface area contributed by atoms with E-state index in [0.29, 0.717) is 0 Å². The fraction of sp³-hybridized carbons (Fsp3) is 1.00. The van der Waals surface area contributed by atoms with Crippen molar-refractivity contribution in [3.8, 4) is 0 Å². The van der Waals surface area contributed by atoms with Gasteiger partial charge in [0.1, 0.15) is 0 Å². The molecule has 0 atom stereocenters. The third-order valence-electron chi connectivity index (χ3n) is 2.87. The Kier molecular flexibility index (Phi) is 4.20. The lowest BCUT2D eigenvalue weighted by molar-refractivity contribution is 0.0279. The third-order valence-corrected chi connectivity index (χ3v) is 2.87. The normalized spacial score (nSPS) is 28.2. The summed E-state index contributed by atoms with van der Waals surface area (Å²) in [5, 5.41) is 9.13. The van der Waals surface area contributed by atoms with Gasteiger partial charge in [-0.3, -0.25) is 0 Å². The smallest absolute Gasteiger partial charge is 0.0546 e. The lowest BCUT2D eigenvalue weighted by Crippen LogP contribution is -2.37. The molecule has 1 fully saturated rings. The van der Waals surface area contributed by atoms with Gasteiger partial charge in [-0.2, -0.15) is 0 Å². The first-order chi connectivity index (χ1) is 6.08. The van der Waals surface area contributed by atoms with Crippen LogP contribution in [-0.4, -0.2) is 36.2 Å². The summed E-state index contributed by atoms with van der Waals surface area (Å²) in [5.41, 5.74) is 0. The van der Waals surface area contributed by atoms with Crippen molar-refractivity contribution in [2.75, 3.05) is 20.1 Å². The van der Waals surface area contributed by atoms with E-state index in [9.17, 15) is 0 Å². The van der Waals surface area contributed by atoms with Gasteiger partial charge in [-0.1, -0.05) is 13.8 Å². The first kappa shape index (κ1) is 11.0. The molecule has 1 saturated carbocycles. The van der Waals surface area contributed by atoms with Crippen molar-refractivity contribution in [1.82, 2.24) is 4.90 Å². The molecule has 0 aromatic rings. The monoisotopic (exact) mass is 185 g/mol. The molecule has 0 amide bonds. The van der Waals surface area contributed by atoms with Gasteiger partial charge < -0.3 is 10.0 Å². The summed E-state index contributed by atoms with van der Waals surface area (Å²) < 4.78 is 0. The lowest BCUT2D eigenvalue weighted by Gasteiger charge is -2.34. The molecular weight excluding hydrogens is 162 g/mol. The van der Waals surface area contributed by atoms with E-state index in [4.69, 9.17) is 5.11 Å². The molecule has 0 aliphatic heterocycles. The molecular formula is C11H23NO. The Balaban J connectivity index is 2.01. The van der Waals surface area contributed by atoms with E-state index in [-0.39, 0.29) is 6.10 Å². The number of rotatable bonds is 5. The van der Waals surface area contributed by atoms with Crippen molar-refractivity contribution in [2.45, 2.75) is 39.2 Å². The van der Waals surface area contributed by atoms with E-state index >= 15 is 0 Å². The average Bonchev–Trinajstić information content (AvgIpc) is 1.98. The fourth-order valence-corrected chi connectivity index (χ4v) is 1.86. The van der Waals surface area contributed by atoms with E-state index < -0.39 is 0 Å². The fourth-order valence-electron chi connectivity index (χ4n) is 1.86. The molecule has 1 aliphatic carbocycles. The van der Waals surface area contributed by atoms with E-state index in [1.165, 1.54) is 19.5 Å². The standard InChI is InChI=1S/C11H23NO/c1-9(2)4-5-12(3)8-10-6-11(13)7-10/h9-11,13H,4-8H2,1-3H3. The molecule has 2 nitrogen and oxygen atoms in total. The molecule has 0 radical (unpaired) electrons. The van der Waals surface area contributed by atoms with Gasteiger partial charge in [0.2, 0.25) is 0 Å². The van der Waals surface area contributed by atoms with Gasteiger partial charge in [-0.05, 0) is 44.7 Å². The number of hydrogen-bond acceptors (Lipinski definition) is 2. The van der Waals surface area contributed by atoms with Crippen LogP contribution < -0.4 is 0 Å². The van der Waals surface area contributed by atoms with E-state index in [1.807, 2.05) is 0 Å². The van der Waals surface area contributed by atoms with E-state index in [1.54, 1.807) is 0 Å². The van der Waals surface area contributed by atoms with Gasteiger partial charge in [0.15, 0.2) is 0 Å². The molecule has 1 aliphatic rings. The highest BCUT2D eigenvalue weighted by Crippen LogP contribution is 2.27. The summed E-state index contributed by atoms with van der Waals surface area (Å²) in [6, 6.07) is 0. The molecule has 0 saturated heterocycles. The molecule has 0 heterocycles. The maximum absolute atomic E-state index is 9.13. The van der Waals surface area contributed by atoms with Crippen LogP contribution in [0.25, 0.3) is 0 Å². The second kappa shape index (κ2) is 4.97. The summed E-state index contributed by atoms with van der Waals surface area (Å²) in [6.45, 7) is 6.90. The average molecular weight is 185 g/mol. The maximum atomic E-state index is 9.13. The van der Waals surface area contributed by atoms with Crippen LogP contribution in [0.15, 0.2) is 0 Å². The molecule has 13 heavy (non-hydrogen) atoms. The Bertz CT molecular complexity index is 141. The Hall–Kier alpha value is -0.0800. The first-order valence-electron chi connectivity index (χ1n) is 5.44. The van der Waals surface area contributed by atoms with Crippen molar-refractivity contribution in [3.05, 3.63) is 0 Å². The van der Waals surface area contributed by atoms with Crippen LogP contribution in [0.1, 0.15) is 33.1 Å². The zero-order valence-corrected chi connectivity index (χ0v) is 9.16. The van der Waals surface area contributed by atoms with Crippen molar-refractivity contribution in [3.63, 3.8) is 0 Å². The van der Waals surface area contributed by atoms with Crippen LogP contribution in [-0.2, 0) is 0 Å². The van der Waals surface area contributed by atoms with Crippen molar-refractivity contribution in [2.24, 2.45) is 11.8 Å². The lowest BCUT2D eigenvalue weighted by atomic mass is 9.82. The first-order valence-corrected chi connectivity index (χ1v) is 5.44. The molecule has 0 aromatic heterocycles. The minimum atomic E-state index is 0.00324. The summed E-state index contributed by atoms with van der Waals surface area (Å²) >= 11 is 0. The van der Waals surface area contributed by atoms with E-state index in [2.05, 4.69) is 25.8 Å². The Morgan fingerprint density at radius 2 is 2.00 bits per heavy atom. The Morgan fingerprint density at radius 3 is 2.46 bits per heavy atom. The highest BCUT2D eigenvalue weighted by molar-refractivity contribution is 4.80. The van der Waals surface area contributed by atoms with Gasteiger partial charge in [0.05, 0.1) is 6.10 Å². The number of nitrogens with zero attached hydrogens (tertiary/aromatic N) is 1. The molecule has 2 heteroatoms.